The zero-order valence-electron chi connectivity index (χ0n) is 5.83. The number of rotatable bonds is 1. The summed E-state index contributed by atoms with van der Waals surface area (Å²) in [5.74, 6) is -1.50. The lowest BCUT2D eigenvalue weighted by atomic mass is 10.6. The van der Waals surface area contributed by atoms with Crippen molar-refractivity contribution in [2.75, 3.05) is 0 Å². The molecule has 0 aromatic carbocycles. The number of primary sulfonamides is 1. The SMILES string of the molecule is NS(=O)(=O)c1n[nH]c(C(F)(F)F)n1. The number of hydrogen-bond acceptors (Lipinski definition) is 4. The first-order valence-electron chi connectivity index (χ1n) is 2.73. The van der Waals surface area contributed by atoms with Gasteiger partial charge in [-0.1, -0.05) is 0 Å². The topological polar surface area (TPSA) is 102 Å². The summed E-state index contributed by atoms with van der Waals surface area (Å²) in [7, 11) is -4.30. The molecule has 74 valence electrons. The summed E-state index contributed by atoms with van der Waals surface area (Å²) < 4.78 is 56.3. The van der Waals surface area contributed by atoms with Gasteiger partial charge < -0.3 is 0 Å². The van der Waals surface area contributed by atoms with Crippen molar-refractivity contribution in [1.82, 2.24) is 15.2 Å². The maximum absolute atomic E-state index is 11.8. The standard InChI is InChI=1S/C3H3F3N4O2S/c4-3(5,6)1-8-2(10-9-1)13(7,11)12/h(H2,7,11,12)(H,8,9,10). The smallest absolute Gasteiger partial charge is 0.254 e. The number of aromatic nitrogens is 3. The minimum absolute atomic E-state index is 1.08. The van der Waals surface area contributed by atoms with E-state index in [2.05, 4.69) is 15.2 Å². The van der Waals surface area contributed by atoms with Gasteiger partial charge in [-0.25, -0.2) is 13.6 Å². The van der Waals surface area contributed by atoms with Crippen molar-refractivity contribution < 1.29 is 21.6 Å². The molecule has 0 saturated carbocycles. The average molecular weight is 216 g/mol. The maximum Gasteiger partial charge on any atom is 0.451 e. The third kappa shape index (κ3) is 2.15. The molecular weight excluding hydrogens is 213 g/mol. The Labute approximate surface area is 70.0 Å². The fourth-order valence-electron chi connectivity index (χ4n) is 0.500. The van der Waals surface area contributed by atoms with E-state index < -0.39 is 27.2 Å². The molecule has 0 spiro atoms. The summed E-state index contributed by atoms with van der Waals surface area (Å²) >= 11 is 0. The van der Waals surface area contributed by atoms with Crippen molar-refractivity contribution in [2.45, 2.75) is 11.3 Å². The van der Waals surface area contributed by atoms with Crippen LogP contribution >= 0.6 is 0 Å². The van der Waals surface area contributed by atoms with E-state index in [0.717, 1.165) is 0 Å². The van der Waals surface area contributed by atoms with Crippen molar-refractivity contribution in [1.29, 1.82) is 0 Å². The highest BCUT2D eigenvalue weighted by atomic mass is 32.2. The summed E-state index contributed by atoms with van der Waals surface area (Å²) in [5.41, 5.74) is 0. The van der Waals surface area contributed by atoms with Gasteiger partial charge in [-0.15, -0.1) is 5.10 Å². The fourth-order valence-corrected chi connectivity index (χ4v) is 0.892. The normalized spacial score (nSPS) is 13.2. The van der Waals surface area contributed by atoms with Crippen LogP contribution in [0.4, 0.5) is 13.2 Å². The highest BCUT2D eigenvalue weighted by Gasteiger charge is 2.36. The Morgan fingerprint density at radius 3 is 2.15 bits per heavy atom. The summed E-state index contributed by atoms with van der Waals surface area (Å²) in [4.78, 5) is 2.65. The lowest BCUT2D eigenvalue weighted by molar-refractivity contribution is -0.144. The van der Waals surface area contributed by atoms with Crippen molar-refractivity contribution in [3.63, 3.8) is 0 Å². The molecule has 10 heteroatoms. The molecule has 1 aromatic heterocycles. The molecule has 0 radical (unpaired) electrons. The van der Waals surface area contributed by atoms with E-state index in [0.29, 0.717) is 0 Å². The average Bonchev–Trinajstić information content (AvgIpc) is 2.28. The van der Waals surface area contributed by atoms with Crippen LogP contribution < -0.4 is 5.14 Å². The van der Waals surface area contributed by atoms with Gasteiger partial charge in [-0.2, -0.15) is 18.2 Å². The summed E-state index contributed by atoms with van der Waals surface area (Å²) in [6.45, 7) is 0. The van der Waals surface area contributed by atoms with Crippen LogP contribution in [0.1, 0.15) is 5.82 Å². The molecule has 0 aliphatic rings. The molecule has 0 fully saturated rings. The molecule has 0 amide bonds. The van der Waals surface area contributed by atoms with E-state index >= 15 is 0 Å². The Balaban J connectivity index is 3.16. The number of halogens is 3. The van der Waals surface area contributed by atoms with Crippen molar-refractivity contribution in [2.24, 2.45) is 5.14 Å². The molecule has 1 aromatic rings. The summed E-state index contributed by atoms with van der Waals surface area (Å²) in [6, 6.07) is 0. The number of nitrogens with two attached hydrogens (primary N) is 1. The van der Waals surface area contributed by atoms with Crippen LogP contribution in [0.2, 0.25) is 0 Å². The molecule has 0 atom stereocenters. The lowest BCUT2D eigenvalue weighted by Gasteiger charge is -1.97. The molecule has 0 bridgehead atoms. The van der Waals surface area contributed by atoms with Gasteiger partial charge in [0.1, 0.15) is 0 Å². The van der Waals surface area contributed by atoms with Crippen molar-refractivity contribution >= 4 is 10.0 Å². The highest BCUT2D eigenvalue weighted by molar-refractivity contribution is 7.89. The predicted octanol–water partition coefficient (Wildman–Crippen LogP) is -0.529. The van der Waals surface area contributed by atoms with Gasteiger partial charge in [-0.3, -0.25) is 5.10 Å². The van der Waals surface area contributed by atoms with E-state index in [-0.39, 0.29) is 0 Å². The van der Waals surface area contributed by atoms with Gasteiger partial charge in [0.25, 0.3) is 15.2 Å². The Morgan fingerprint density at radius 2 is 1.92 bits per heavy atom. The van der Waals surface area contributed by atoms with Gasteiger partial charge in [0.05, 0.1) is 0 Å². The fraction of sp³-hybridized carbons (Fsp3) is 0.333. The van der Waals surface area contributed by atoms with E-state index in [4.69, 9.17) is 0 Å². The van der Waals surface area contributed by atoms with E-state index in [9.17, 15) is 21.6 Å². The second-order valence-electron chi connectivity index (χ2n) is 2.01. The third-order valence-electron chi connectivity index (χ3n) is 0.988. The molecule has 3 N–H and O–H groups in total. The van der Waals surface area contributed by atoms with Gasteiger partial charge in [0.2, 0.25) is 5.82 Å². The lowest BCUT2D eigenvalue weighted by Crippen LogP contribution is -2.14. The molecule has 0 aliphatic heterocycles. The van der Waals surface area contributed by atoms with Crippen LogP contribution in [0.25, 0.3) is 0 Å². The van der Waals surface area contributed by atoms with Crippen LogP contribution in [0.3, 0.4) is 0 Å². The molecular formula is C3H3F3N4O2S. The Kier molecular flexibility index (Phi) is 2.04. The summed E-state index contributed by atoms with van der Waals surface area (Å²) in [5, 5.41) is 7.58. The first-order valence-corrected chi connectivity index (χ1v) is 4.28. The van der Waals surface area contributed by atoms with Crippen LogP contribution in [-0.4, -0.2) is 23.6 Å². The molecule has 1 rings (SSSR count). The van der Waals surface area contributed by atoms with Crippen LogP contribution in [-0.2, 0) is 16.2 Å². The molecule has 0 aliphatic carbocycles. The van der Waals surface area contributed by atoms with Gasteiger partial charge >= 0.3 is 6.18 Å². The monoisotopic (exact) mass is 216 g/mol. The van der Waals surface area contributed by atoms with E-state index in [1.54, 1.807) is 0 Å². The van der Waals surface area contributed by atoms with E-state index in [1.807, 2.05) is 0 Å². The van der Waals surface area contributed by atoms with Crippen LogP contribution in [0.5, 0.6) is 0 Å². The van der Waals surface area contributed by atoms with Gasteiger partial charge in [-0.05, 0) is 0 Å². The minimum atomic E-state index is -4.77. The Bertz CT molecular complexity index is 407. The molecule has 0 saturated heterocycles. The molecule has 13 heavy (non-hydrogen) atoms. The number of hydrogen-bond donors (Lipinski definition) is 2. The first kappa shape index (κ1) is 9.92. The number of nitrogens with one attached hydrogen (secondary N) is 1. The number of aromatic amines is 1. The largest absolute Gasteiger partial charge is 0.451 e. The zero-order chi connectivity index (χ0) is 10.3. The number of alkyl halides is 3. The number of H-pyrrole nitrogens is 1. The van der Waals surface area contributed by atoms with Crippen LogP contribution in [0, 0.1) is 0 Å². The second-order valence-corrected chi connectivity index (χ2v) is 3.46. The van der Waals surface area contributed by atoms with Gasteiger partial charge in [0.15, 0.2) is 0 Å². The molecule has 6 nitrogen and oxygen atoms in total. The third-order valence-corrected chi connectivity index (χ3v) is 1.68. The zero-order valence-corrected chi connectivity index (χ0v) is 6.65. The maximum atomic E-state index is 11.8. The van der Waals surface area contributed by atoms with E-state index in [1.165, 1.54) is 5.10 Å². The summed E-state index contributed by atoms with van der Waals surface area (Å²) in [6.07, 6.45) is -4.77. The highest BCUT2D eigenvalue weighted by Crippen LogP contribution is 2.25. The van der Waals surface area contributed by atoms with Gasteiger partial charge in [0, 0.05) is 0 Å². The molecule has 0 unspecified atom stereocenters. The Morgan fingerprint density at radius 1 is 1.38 bits per heavy atom. The number of sulfonamides is 1. The second kappa shape index (κ2) is 2.67. The minimum Gasteiger partial charge on any atom is -0.254 e. The predicted molar refractivity (Wildman–Crippen MR) is 32.8 cm³/mol. The molecule has 1 heterocycles. The first-order chi connectivity index (χ1) is 5.71. The van der Waals surface area contributed by atoms with Crippen molar-refractivity contribution in [3.05, 3.63) is 5.82 Å². The quantitative estimate of drug-likeness (QED) is 0.658. The Hall–Kier alpha value is -1.16. The number of nitrogens with zero attached hydrogens (tertiary/aromatic N) is 2. The van der Waals surface area contributed by atoms with Crippen molar-refractivity contribution in [3.8, 4) is 0 Å². The van der Waals surface area contributed by atoms with Crippen LogP contribution in [0.15, 0.2) is 5.16 Å².